The van der Waals surface area contributed by atoms with E-state index in [0.29, 0.717) is 22.4 Å². The maximum absolute atomic E-state index is 14.2. The predicted octanol–water partition coefficient (Wildman–Crippen LogP) is 4.32. The highest BCUT2D eigenvalue weighted by Gasteiger charge is 2.17. The van der Waals surface area contributed by atoms with Crippen molar-refractivity contribution < 1.29 is 28.1 Å². The van der Waals surface area contributed by atoms with Crippen molar-refractivity contribution in [1.82, 2.24) is 4.57 Å². The summed E-state index contributed by atoms with van der Waals surface area (Å²) in [6, 6.07) is 11.6. The van der Waals surface area contributed by atoms with Gasteiger partial charge in [-0.2, -0.15) is 5.26 Å². The molecule has 8 heteroatoms. The third-order valence-corrected chi connectivity index (χ3v) is 4.50. The van der Waals surface area contributed by atoms with E-state index >= 15 is 0 Å². The molecule has 1 heterocycles. The number of carbonyl (C=O) groups is 1. The van der Waals surface area contributed by atoms with E-state index in [0.717, 1.165) is 0 Å². The first-order chi connectivity index (χ1) is 15.0. The van der Waals surface area contributed by atoms with Crippen molar-refractivity contribution in [2.45, 2.75) is 6.92 Å². The van der Waals surface area contributed by atoms with Crippen molar-refractivity contribution in [3.8, 4) is 34.4 Å². The molecule has 160 valence electrons. The molecule has 0 spiro atoms. The number of esters is 1. The highest BCUT2D eigenvalue weighted by molar-refractivity contribution is 5.93. The summed E-state index contributed by atoms with van der Waals surface area (Å²) < 4.78 is 36.4. The predicted molar refractivity (Wildman–Crippen MR) is 111 cm³/mol. The Bertz CT molecular complexity index is 1130. The molecule has 0 fully saturated rings. The number of nitriles is 1. The zero-order valence-electron chi connectivity index (χ0n) is 17.3. The van der Waals surface area contributed by atoms with Crippen molar-refractivity contribution in [1.29, 1.82) is 5.26 Å². The van der Waals surface area contributed by atoms with Crippen LogP contribution in [-0.2, 0) is 9.47 Å². The topological polar surface area (TPSA) is 82.7 Å². The van der Waals surface area contributed by atoms with E-state index in [4.69, 9.17) is 18.9 Å². The van der Waals surface area contributed by atoms with E-state index < -0.39 is 11.8 Å². The van der Waals surface area contributed by atoms with Gasteiger partial charge in [0.2, 0.25) is 0 Å². The number of benzene rings is 2. The number of halogens is 1. The highest BCUT2D eigenvalue weighted by atomic mass is 19.1. The molecular weight excluding hydrogens is 403 g/mol. The van der Waals surface area contributed by atoms with E-state index in [2.05, 4.69) is 6.07 Å². The summed E-state index contributed by atoms with van der Waals surface area (Å²) in [5.74, 6) is -0.635. The molecule has 0 atom stereocenters. The Hall–Kier alpha value is -3.83. The number of hydrogen-bond acceptors (Lipinski definition) is 6. The Morgan fingerprint density at radius 2 is 1.94 bits per heavy atom. The van der Waals surface area contributed by atoms with Crippen LogP contribution in [-0.4, -0.2) is 38.2 Å². The van der Waals surface area contributed by atoms with Gasteiger partial charge in [0.25, 0.3) is 0 Å². The molecule has 1 aromatic heterocycles. The zero-order valence-corrected chi connectivity index (χ0v) is 17.3. The minimum absolute atomic E-state index is 0.0542. The normalized spacial score (nSPS) is 10.4. The average molecular weight is 424 g/mol. The summed E-state index contributed by atoms with van der Waals surface area (Å²) >= 11 is 0. The van der Waals surface area contributed by atoms with Crippen LogP contribution < -0.4 is 9.47 Å². The maximum atomic E-state index is 14.2. The second-order valence-corrected chi connectivity index (χ2v) is 6.41. The van der Waals surface area contributed by atoms with Gasteiger partial charge in [0.1, 0.15) is 17.4 Å². The lowest BCUT2D eigenvalue weighted by atomic mass is 10.1. The van der Waals surface area contributed by atoms with E-state index in [-0.39, 0.29) is 30.5 Å². The number of methoxy groups -OCH3 is 2. The van der Waals surface area contributed by atoms with Crippen LogP contribution in [0.5, 0.6) is 11.5 Å². The molecule has 7 nitrogen and oxygen atoms in total. The van der Waals surface area contributed by atoms with Gasteiger partial charge in [0, 0.05) is 36.8 Å². The first-order valence-electron chi connectivity index (χ1n) is 9.41. The fraction of sp³-hybridized carbons (Fsp3) is 0.217. The van der Waals surface area contributed by atoms with Gasteiger partial charge in [-0.25, -0.2) is 9.18 Å². The van der Waals surface area contributed by atoms with Crippen molar-refractivity contribution in [2.24, 2.45) is 0 Å². The standard InChI is InChI=1S/C23H21FN2O5/c1-4-30-23(27)18-7-6-17(10-22(18)31-14-28-2)26-12-16(11-25)19(13-26)15-5-8-21(29-3)20(24)9-15/h5-10,12-13H,4,14H2,1-3H3. The third-order valence-electron chi connectivity index (χ3n) is 4.50. The number of carbonyl (C=O) groups excluding carboxylic acids is 1. The minimum Gasteiger partial charge on any atom is -0.494 e. The third kappa shape index (κ3) is 4.68. The molecule has 3 aromatic rings. The van der Waals surface area contributed by atoms with Crippen LogP contribution in [0.4, 0.5) is 4.39 Å². The second-order valence-electron chi connectivity index (χ2n) is 6.41. The molecule has 0 saturated heterocycles. The molecule has 0 aliphatic heterocycles. The molecule has 0 aliphatic carbocycles. The van der Waals surface area contributed by atoms with E-state index in [1.165, 1.54) is 26.4 Å². The summed E-state index contributed by atoms with van der Waals surface area (Å²) in [5, 5.41) is 9.57. The molecule has 0 bridgehead atoms. The molecule has 0 saturated carbocycles. The second kappa shape index (κ2) is 9.78. The van der Waals surface area contributed by atoms with Gasteiger partial charge < -0.3 is 23.5 Å². The molecule has 0 amide bonds. The number of hydrogen-bond donors (Lipinski definition) is 0. The van der Waals surface area contributed by atoms with Crippen LogP contribution >= 0.6 is 0 Å². The number of ether oxygens (including phenoxy) is 4. The Balaban J connectivity index is 2.04. The molecule has 0 aliphatic rings. The van der Waals surface area contributed by atoms with E-state index in [9.17, 15) is 14.4 Å². The van der Waals surface area contributed by atoms with Gasteiger partial charge in [0.05, 0.1) is 19.3 Å². The van der Waals surface area contributed by atoms with Gasteiger partial charge in [-0.05, 0) is 36.8 Å². The number of rotatable bonds is 8. The molecule has 0 N–H and O–H groups in total. The smallest absolute Gasteiger partial charge is 0.341 e. The fourth-order valence-corrected chi connectivity index (χ4v) is 3.05. The average Bonchev–Trinajstić information content (AvgIpc) is 3.22. The lowest BCUT2D eigenvalue weighted by molar-refractivity contribution is 0.0438. The van der Waals surface area contributed by atoms with Crippen molar-refractivity contribution >= 4 is 5.97 Å². The van der Waals surface area contributed by atoms with Gasteiger partial charge in [0.15, 0.2) is 18.4 Å². The first-order valence-corrected chi connectivity index (χ1v) is 9.41. The van der Waals surface area contributed by atoms with Crippen LogP contribution in [0.25, 0.3) is 16.8 Å². The molecule has 3 rings (SSSR count). The van der Waals surface area contributed by atoms with Gasteiger partial charge in [-0.15, -0.1) is 0 Å². The molecular formula is C23H21FN2O5. The summed E-state index contributed by atoms with van der Waals surface area (Å²) in [6.45, 7) is 1.89. The van der Waals surface area contributed by atoms with Crippen molar-refractivity contribution in [3.63, 3.8) is 0 Å². The van der Waals surface area contributed by atoms with Crippen LogP contribution in [0.3, 0.4) is 0 Å². The summed E-state index contributed by atoms with van der Waals surface area (Å²) in [4.78, 5) is 12.2. The molecule has 0 unspecified atom stereocenters. The lowest BCUT2D eigenvalue weighted by Crippen LogP contribution is -2.10. The quantitative estimate of drug-likeness (QED) is 0.396. The summed E-state index contributed by atoms with van der Waals surface area (Å²) in [7, 11) is 2.86. The van der Waals surface area contributed by atoms with Crippen molar-refractivity contribution in [3.05, 3.63) is 65.7 Å². The molecule has 2 aromatic carbocycles. The molecule has 0 radical (unpaired) electrons. The Kier molecular flexibility index (Phi) is 6.90. The van der Waals surface area contributed by atoms with Gasteiger partial charge in [-0.3, -0.25) is 0 Å². The summed E-state index contributed by atoms with van der Waals surface area (Å²) in [5.41, 5.74) is 2.34. The van der Waals surface area contributed by atoms with E-state index in [1.54, 1.807) is 48.1 Å². The SMILES string of the molecule is CCOC(=O)c1ccc(-n2cc(C#N)c(-c3ccc(OC)c(F)c3)c2)cc1OCOC. The number of aromatic nitrogens is 1. The monoisotopic (exact) mass is 424 g/mol. The largest absolute Gasteiger partial charge is 0.494 e. The Labute approximate surface area is 179 Å². The fourth-order valence-electron chi connectivity index (χ4n) is 3.05. The molecule has 31 heavy (non-hydrogen) atoms. The minimum atomic E-state index is -0.523. The lowest BCUT2D eigenvalue weighted by Gasteiger charge is -2.12. The highest BCUT2D eigenvalue weighted by Crippen LogP contribution is 2.31. The van der Waals surface area contributed by atoms with Crippen LogP contribution in [0.1, 0.15) is 22.8 Å². The summed E-state index contributed by atoms with van der Waals surface area (Å²) in [6.07, 6.45) is 3.33. The van der Waals surface area contributed by atoms with Crippen molar-refractivity contribution in [2.75, 3.05) is 27.6 Å². The van der Waals surface area contributed by atoms with E-state index in [1.807, 2.05) is 0 Å². The maximum Gasteiger partial charge on any atom is 0.341 e. The Morgan fingerprint density at radius 3 is 2.58 bits per heavy atom. The van der Waals surface area contributed by atoms with Gasteiger partial charge in [-0.1, -0.05) is 6.07 Å². The van der Waals surface area contributed by atoms with Crippen LogP contribution in [0.2, 0.25) is 0 Å². The van der Waals surface area contributed by atoms with Gasteiger partial charge >= 0.3 is 5.97 Å². The number of nitrogens with zero attached hydrogens (tertiary/aromatic N) is 2. The van der Waals surface area contributed by atoms with Crippen LogP contribution in [0, 0.1) is 17.1 Å². The Morgan fingerprint density at radius 1 is 1.13 bits per heavy atom. The van der Waals surface area contributed by atoms with Crippen LogP contribution in [0.15, 0.2) is 48.8 Å². The first kappa shape index (κ1) is 21.9. The zero-order chi connectivity index (χ0) is 22.4.